The first-order valence-electron chi connectivity index (χ1n) is 10.0. The van der Waals surface area contributed by atoms with Gasteiger partial charge in [-0.25, -0.2) is 19.4 Å². The molecule has 2 aromatic carbocycles. The van der Waals surface area contributed by atoms with E-state index < -0.39 is 5.54 Å². The molecule has 31 heavy (non-hydrogen) atoms. The van der Waals surface area contributed by atoms with E-state index in [1.807, 2.05) is 29.2 Å². The summed E-state index contributed by atoms with van der Waals surface area (Å²) in [6.07, 6.45) is 5.49. The average molecular weight is 416 g/mol. The fourth-order valence-electron chi connectivity index (χ4n) is 4.22. The molecule has 2 N–H and O–H groups in total. The number of halogens is 1. The molecule has 0 radical (unpaired) electrons. The lowest BCUT2D eigenvalue weighted by Gasteiger charge is -2.33. The predicted molar refractivity (Wildman–Crippen MR) is 116 cm³/mol. The number of methoxy groups -OCH3 is 1. The Hall–Kier alpha value is -3.81. The van der Waals surface area contributed by atoms with Crippen molar-refractivity contribution in [3.05, 3.63) is 78.1 Å². The number of nitrogens with two attached hydrogens (primary N) is 1. The maximum Gasteiger partial charge on any atom is 0.198 e. The molecule has 156 valence electrons. The molecule has 0 fully saturated rings. The normalized spacial score (nSPS) is 20.1. The smallest absolute Gasteiger partial charge is 0.198 e. The van der Waals surface area contributed by atoms with Crippen LogP contribution in [0.15, 0.2) is 71.2 Å². The minimum absolute atomic E-state index is 0.360. The maximum absolute atomic E-state index is 14.8. The second-order valence-electron chi connectivity index (χ2n) is 7.44. The van der Waals surface area contributed by atoms with Crippen molar-refractivity contribution in [3.8, 4) is 16.9 Å². The van der Waals surface area contributed by atoms with Gasteiger partial charge in [0.25, 0.3) is 0 Å². The molecule has 3 heterocycles. The SMILES string of the molecule is COc1ccc(C2(c3ccc(F)c(-c4cncnc4)c3)N=C(N)N3CCCN=C32)cc1. The van der Waals surface area contributed by atoms with E-state index in [2.05, 4.69) is 9.97 Å². The topological polar surface area (TPSA) is 89.0 Å². The Morgan fingerprint density at radius 2 is 1.81 bits per heavy atom. The van der Waals surface area contributed by atoms with Crippen molar-refractivity contribution in [1.82, 2.24) is 14.9 Å². The Bertz CT molecular complexity index is 1180. The van der Waals surface area contributed by atoms with E-state index in [9.17, 15) is 4.39 Å². The third-order valence-corrected chi connectivity index (χ3v) is 5.70. The van der Waals surface area contributed by atoms with Crippen LogP contribution in [0.2, 0.25) is 0 Å². The maximum atomic E-state index is 14.8. The molecule has 0 spiro atoms. The molecule has 5 rings (SSSR count). The molecule has 1 unspecified atom stereocenters. The Balaban J connectivity index is 1.75. The highest BCUT2D eigenvalue weighted by atomic mass is 19.1. The highest BCUT2D eigenvalue weighted by molar-refractivity contribution is 6.12. The molecule has 7 nitrogen and oxygen atoms in total. The number of guanidine groups is 1. The third-order valence-electron chi connectivity index (χ3n) is 5.70. The van der Waals surface area contributed by atoms with E-state index in [0.29, 0.717) is 23.6 Å². The van der Waals surface area contributed by atoms with Crippen molar-refractivity contribution in [2.45, 2.75) is 12.0 Å². The van der Waals surface area contributed by atoms with Gasteiger partial charge < -0.3 is 10.5 Å². The standard InChI is InChI=1S/C23H21FN6O/c1-31-18-6-3-16(4-7-18)23(21-28-9-2-10-30(21)22(25)29-23)17-5-8-20(24)19(11-17)15-12-26-14-27-13-15/h3-8,11-14H,2,9-10H2,1H3,(H2,25,29). The van der Waals surface area contributed by atoms with Crippen LogP contribution in [-0.2, 0) is 5.54 Å². The largest absolute Gasteiger partial charge is 0.497 e. The van der Waals surface area contributed by atoms with Gasteiger partial charge in [0.15, 0.2) is 11.5 Å². The number of aliphatic imine (C=N–C) groups is 2. The van der Waals surface area contributed by atoms with Crippen LogP contribution in [0, 0.1) is 5.82 Å². The highest BCUT2D eigenvalue weighted by Crippen LogP contribution is 2.43. The van der Waals surface area contributed by atoms with Crippen LogP contribution >= 0.6 is 0 Å². The second kappa shape index (κ2) is 7.46. The van der Waals surface area contributed by atoms with Gasteiger partial charge in [-0.15, -0.1) is 0 Å². The van der Waals surface area contributed by atoms with Crippen LogP contribution in [-0.4, -0.2) is 46.9 Å². The summed E-state index contributed by atoms with van der Waals surface area (Å²) in [6.45, 7) is 1.43. The van der Waals surface area contributed by atoms with E-state index in [1.165, 1.54) is 12.4 Å². The van der Waals surface area contributed by atoms with Crippen LogP contribution in [0.3, 0.4) is 0 Å². The zero-order valence-electron chi connectivity index (χ0n) is 17.0. The van der Waals surface area contributed by atoms with Gasteiger partial charge in [-0.2, -0.15) is 0 Å². The van der Waals surface area contributed by atoms with E-state index in [4.69, 9.17) is 20.5 Å². The number of hydrogen-bond donors (Lipinski definition) is 1. The van der Waals surface area contributed by atoms with Crippen molar-refractivity contribution < 1.29 is 9.13 Å². The van der Waals surface area contributed by atoms with Crippen LogP contribution in [0.4, 0.5) is 4.39 Å². The van der Waals surface area contributed by atoms with Gasteiger partial charge in [0.05, 0.1) is 7.11 Å². The molecule has 0 saturated heterocycles. The fraction of sp³-hybridized carbons (Fsp3) is 0.217. The lowest BCUT2D eigenvalue weighted by atomic mass is 9.81. The van der Waals surface area contributed by atoms with Crippen LogP contribution in [0.1, 0.15) is 17.5 Å². The van der Waals surface area contributed by atoms with Gasteiger partial charge in [0.1, 0.15) is 23.7 Å². The summed E-state index contributed by atoms with van der Waals surface area (Å²) < 4.78 is 20.1. The lowest BCUT2D eigenvalue weighted by molar-refractivity contribution is 0.414. The molecule has 1 aromatic heterocycles. The molecule has 2 aliphatic rings. The predicted octanol–water partition coefficient (Wildman–Crippen LogP) is 2.97. The average Bonchev–Trinajstić information content (AvgIpc) is 3.13. The molecule has 0 amide bonds. The van der Waals surface area contributed by atoms with Crippen LogP contribution in [0.25, 0.3) is 11.1 Å². The molecule has 0 bridgehead atoms. The van der Waals surface area contributed by atoms with E-state index in [0.717, 1.165) is 35.7 Å². The summed E-state index contributed by atoms with van der Waals surface area (Å²) in [6, 6.07) is 12.6. The first-order chi connectivity index (χ1) is 15.1. The summed E-state index contributed by atoms with van der Waals surface area (Å²) in [5.74, 6) is 1.53. The molecular weight excluding hydrogens is 395 g/mol. The first-order valence-corrected chi connectivity index (χ1v) is 10.0. The highest BCUT2D eigenvalue weighted by Gasteiger charge is 2.49. The van der Waals surface area contributed by atoms with Gasteiger partial charge in [-0.3, -0.25) is 9.89 Å². The van der Waals surface area contributed by atoms with E-state index in [1.54, 1.807) is 31.6 Å². The minimum atomic E-state index is -0.977. The van der Waals surface area contributed by atoms with Crippen molar-refractivity contribution in [1.29, 1.82) is 0 Å². The summed E-state index contributed by atoms with van der Waals surface area (Å²) in [5, 5.41) is 0. The molecule has 0 saturated carbocycles. The van der Waals surface area contributed by atoms with Gasteiger partial charge in [-0.1, -0.05) is 18.2 Å². The van der Waals surface area contributed by atoms with E-state index in [-0.39, 0.29) is 5.82 Å². The number of amidine groups is 1. The summed E-state index contributed by atoms with van der Waals surface area (Å²) in [5.41, 5.74) is 8.00. The number of hydrogen-bond acceptors (Lipinski definition) is 7. The molecule has 2 aliphatic heterocycles. The van der Waals surface area contributed by atoms with Crippen LogP contribution in [0.5, 0.6) is 5.75 Å². The van der Waals surface area contributed by atoms with Gasteiger partial charge in [0.2, 0.25) is 0 Å². The number of fused-ring (bicyclic) bond motifs is 1. The van der Waals surface area contributed by atoms with Crippen molar-refractivity contribution in [2.24, 2.45) is 15.7 Å². The van der Waals surface area contributed by atoms with Gasteiger partial charge in [0, 0.05) is 36.6 Å². The summed E-state index contributed by atoms with van der Waals surface area (Å²) in [4.78, 5) is 19.7. The minimum Gasteiger partial charge on any atom is -0.497 e. The molecule has 8 heteroatoms. The van der Waals surface area contributed by atoms with Gasteiger partial charge >= 0.3 is 0 Å². The fourth-order valence-corrected chi connectivity index (χ4v) is 4.22. The Morgan fingerprint density at radius 3 is 2.55 bits per heavy atom. The van der Waals surface area contributed by atoms with Crippen molar-refractivity contribution >= 4 is 11.8 Å². The zero-order valence-corrected chi connectivity index (χ0v) is 17.0. The quantitative estimate of drug-likeness (QED) is 0.706. The Labute approximate surface area is 179 Å². The van der Waals surface area contributed by atoms with Crippen molar-refractivity contribution in [2.75, 3.05) is 20.2 Å². The molecular formula is C23H21FN6O. The lowest BCUT2D eigenvalue weighted by Crippen LogP contribution is -2.46. The van der Waals surface area contributed by atoms with E-state index >= 15 is 0 Å². The Kier molecular flexibility index (Phi) is 4.62. The molecule has 0 aliphatic carbocycles. The first kappa shape index (κ1) is 19.2. The number of aromatic nitrogens is 2. The van der Waals surface area contributed by atoms with Crippen LogP contribution < -0.4 is 10.5 Å². The number of rotatable bonds is 4. The zero-order chi connectivity index (χ0) is 21.4. The number of nitrogens with zero attached hydrogens (tertiary/aromatic N) is 5. The number of ether oxygens (including phenoxy) is 1. The molecule has 1 atom stereocenters. The summed E-state index contributed by atoms with van der Waals surface area (Å²) in [7, 11) is 1.62. The second-order valence-corrected chi connectivity index (χ2v) is 7.44. The monoisotopic (exact) mass is 416 g/mol. The van der Waals surface area contributed by atoms with Gasteiger partial charge in [-0.05, 0) is 41.8 Å². The molecule has 3 aromatic rings. The third kappa shape index (κ3) is 3.02. The summed E-state index contributed by atoms with van der Waals surface area (Å²) >= 11 is 0. The number of benzene rings is 2. The Morgan fingerprint density at radius 1 is 1.06 bits per heavy atom. The van der Waals surface area contributed by atoms with Crippen molar-refractivity contribution in [3.63, 3.8) is 0 Å².